The molecule has 0 bridgehead atoms. The third-order valence-electron chi connectivity index (χ3n) is 4.96. The highest BCUT2D eigenvalue weighted by molar-refractivity contribution is 5.31. The third-order valence-corrected chi connectivity index (χ3v) is 4.96. The Balaban J connectivity index is 1.89. The standard InChI is InChI=1S/C19H32N2/c1-14-7-8-17(13-15(14)2)16(3)20-18-9-11-21(12-10-18)19(4,5)6/h7-8,13,16,18,20H,9-12H2,1-6H3. The Kier molecular flexibility index (Phi) is 5.11. The molecule has 0 radical (unpaired) electrons. The second kappa shape index (κ2) is 6.50. The Morgan fingerprint density at radius 3 is 2.24 bits per heavy atom. The molecule has 1 saturated heterocycles. The molecule has 1 unspecified atom stereocenters. The Labute approximate surface area is 130 Å². The van der Waals surface area contributed by atoms with Crippen molar-refractivity contribution in [3.05, 3.63) is 34.9 Å². The lowest BCUT2D eigenvalue weighted by Crippen LogP contribution is -2.50. The minimum absolute atomic E-state index is 0.310. The van der Waals surface area contributed by atoms with Crippen LogP contribution in [0.3, 0.4) is 0 Å². The largest absolute Gasteiger partial charge is 0.307 e. The van der Waals surface area contributed by atoms with Crippen LogP contribution in [0.4, 0.5) is 0 Å². The average Bonchev–Trinajstić information content (AvgIpc) is 2.41. The number of piperidine rings is 1. The summed E-state index contributed by atoms with van der Waals surface area (Å²) in [6.45, 7) is 16.0. The van der Waals surface area contributed by atoms with Gasteiger partial charge < -0.3 is 5.32 Å². The first kappa shape index (κ1) is 16.5. The van der Waals surface area contributed by atoms with Crippen molar-refractivity contribution in [3.63, 3.8) is 0 Å². The predicted molar refractivity (Wildman–Crippen MR) is 91.8 cm³/mol. The van der Waals surface area contributed by atoms with Crippen LogP contribution in [0.1, 0.15) is 63.3 Å². The molecular formula is C19H32N2. The minimum atomic E-state index is 0.310. The molecular weight excluding hydrogens is 256 g/mol. The fourth-order valence-corrected chi connectivity index (χ4v) is 3.20. The van der Waals surface area contributed by atoms with Gasteiger partial charge in [0.2, 0.25) is 0 Å². The summed E-state index contributed by atoms with van der Waals surface area (Å²) in [7, 11) is 0. The quantitative estimate of drug-likeness (QED) is 0.896. The van der Waals surface area contributed by atoms with Gasteiger partial charge in [-0.3, -0.25) is 4.90 Å². The van der Waals surface area contributed by atoms with Crippen LogP contribution in [0.15, 0.2) is 18.2 Å². The van der Waals surface area contributed by atoms with Crippen molar-refractivity contribution in [2.75, 3.05) is 13.1 Å². The summed E-state index contributed by atoms with van der Waals surface area (Å²) in [6.07, 6.45) is 2.51. The molecule has 1 heterocycles. The Morgan fingerprint density at radius 2 is 1.71 bits per heavy atom. The first-order valence-corrected chi connectivity index (χ1v) is 8.35. The van der Waals surface area contributed by atoms with E-state index in [9.17, 15) is 0 Å². The predicted octanol–water partition coefficient (Wildman–Crippen LogP) is 4.22. The molecule has 0 amide bonds. The molecule has 0 spiro atoms. The van der Waals surface area contributed by atoms with Crippen molar-refractivity contribution in [2.24, 2.45) is 0 Å². The maximum absolute atomic E-state index is 3.83. The van der Waals surface area contributed by atoms with Gasteiger partial charge in [0, 0.05) is 30.7 Å². The summed E-state index contributed by atoms with van der Waals surface area (Å²) in [6, 6.07) is 7.93. The van der Waals surface area contributed by atoms with Gasteiger partial charge in [-0.1, -0.05) is 18.2 Å². The molecule has 118 valence electrons. The van der Waals surface area contributed by atoms with Gasteiger partial charge in [-0.2, -0.15) is 0 Å². The van der Waals surface area contributed by atoms with E-state index in [2.05, 4.69) is 70.0 Å². The maximum atomic E-state index is 3.83. The van der Waals surface area contributed by atoms with Gasteiger partial charge in [0.25, 0.3) is 0 Å². The molecule has 2 nitrogen and oxygen atoms in total. The number of nitrogens with zero attached hydrogens (tertiary/aromatic N) is 1. The van der Waals surface area contributed by atoms with E-state index < -0.39 is 0 Å². The lowest BCUT2D eigenvalue weighted by Gasteiger charge is -2.41. The molecule has 1 aliphatic heterocycles. The van der Waals surface area contributed by atoms with E-state index in [1.54, 1.807) is 0 Å². The number of hydrogen-bond acceptors (Lipinski definition) is 2. The van der Waals surface area contributed by atoms with E-state index >= 15 is 0 Å². The number of hydrogen-bond donors (Lipinski definition) is 1. The van der Waals surface area contributed by atoms with Crippen LogP contribution in [-0.4, -0.2) is 29.6 Å². The van der Waals surface area contributed by atoms with Crippen LogP contribution in [-0.2, 0) is 0 Å². The minimum Gasteiger partial charge on any atom is -0.307 e. The smallest absolute Gasteiger partial charge is 0.0294 e. The van der Waals surface area contributed by atoms with E-state index in [0.717, 1.165) is 0 Å². The number of aryl methyl sites for hydroxylation is 2. The van der Waals surface area contributed by atoms with Crippen molar-refractivity contribution in [2.45, 2.75) is 72.0 Å². The van der Waals surface area contributed by atoms with Gasteiger partial charge in [0.1, 0.15) is 0 Å². The van der Waals surface area contributed by atoms with E-state index in [0.29, 0.717) is 17.6 Å². The zero-order chi connectivity index (χ0) is 15.6. The van der Waals surface area contributed by atoms with Gasteiger partial charge in [-0.05, 0) is 71.1 Å². The van der Waals surface area contributed by atoms with Crippen molar-refractivity contribution in [3.8, 4) is 0 Å². The van der Waals surface area contributed by atoms with Crippen LogP contribution in [0.25, 0.3) is 0 Å². The maximum Gasteiger partial charge on any atom is 0.0294 e. The molecule has 1 aliphatic rings. The summed E-state index contributed by atoms with van der Waals surface area (Å²) in [5.74, 6) is 0. The molecule has 1 fully saturated rings. The molecule has 0 aliphatic carbocycles. The summed E-state index contributed by atoms with van der Waals surface area (Å²) < 4.78 is 0. The second-order valence-electron chi connectivity index (χ2n) is 7.66. The van der Waals surface area contributed by atoms with Crippen molar-refractivity contribution in [1.29, 1.82) is 0 Å². The van der Waals surface area contributed by atoms with Crippen LogP contribution in [0, 0.1) is 13.8 Å². The average molecular weight is 288 g/mol. The fourth-order valence-electron chi connectivity index (χ4n) is 3.20. The Morgan fingerprint density at radius 1 is 1.10 bits per heavy atom. The molecule has 1 N–H and O–H groups in total. The fraction of sp³-hybridized carbons (Fsp3) is 0.684. The molecule has 21 heavy (non-hydrogen) atoms. The highest BCUT2D eigenvalue weighted by Crippen LogP contribution is 2.23. The topological polar surface area (TPSA) is 15.3 Å². The number of benzene rings is 1. The van der Waals surface area contributed by atoms with Crippen LogP contribution < -0.4 is 5.32 Å². The Hall–Kier alpha value is -0.860. The number of nitrogens with one attached hydrogen (secondary N) is 1. The first-order chi connectivity index (χ1) is 9.77. The highest BCUT2D eigenvalue weighted by atomic mass is 15.2. The zero-order valence-electron chi connectivity index (χ0n) is 14.7. The lowest BCUT2D eigenvalue weighted by molar-refractivity contribution is 0.0942. The molecule has 1 aromatic rings. The van der Waals surface area contributed by atoms with Crippen LogP contribution in [0.2, 0.25) is 0 Å². The zero-order valence-corrected chi connectivity index (χ0v) is 14.7. The van der Waals surface area contributed by atoms with Crippen molar-refractivity contribution < 1.29 is 0 Å². The van der Waals surface area contributed by atoms with E-state index in [-0.39, 0.29) is 0 Å². The van der Waals surface area contributed by atoms with Gasteiger partial charge in [-0.15, -0.1) is 0 Å². The van der Waals surface area contributed by atoms with E-state index in [4.69, 9.17) is 0 Å². The summed E-state index contributed by atoms with van der Waals surface area (Å²) >= 11 is 0. The Bertz CT molecular complexity index is 465. The van der Waals surface area contributed by atoms with Crippen molar-refractivity contribution >= 4 is 0 Å². The summed E-state index contributed by atoms with van der Waals surface area (Å²) in [5, 5.41) is 3.83. The number of rotatable bonds is 3. The normalized spacial score (nSPS) is 19.7. The SMILES string of the molecule is Cc1ccc(C(C)NC2CCN(C(C)(C)C)CC2)cc1C. The summed E-state index contributed by atoms with van der Waals surface area (Å²) in [5.41, 5.74) is 4.49. The highest BCUT2D eigenvalue weighted by Gasteiger charge is 2.27. The molecule has 1 atom stereocenters. The van der Waals surface area contributed by atoms with Crippen LogP contribution >= 0.6 is 0 Å². The molecule has 0 saturated carbocycles. The van der Waals surface area contributed by atoms with Gasteiger partial charge in [0.05, 0.1) is 0 Å². The molecule has 0 aromatic heterocycles. The first-order valence-electron chi connectivity index (χ1n) is 8.35. The van der Waals surface area contributed by atoms with Crippen molar-refractivity contribution in [1.82, 2.24) is 10.2 Å². The van der Waals surface area contributed by atoms with E-state index in [1.165, 1.54) is 42.6 Å². The third kappa shape index (κ3) is 4.31. The van der Waals surface area contributed by atoms with Gasteiger partial charge >= 0.3 is 0 Å². The van der Waals surface area contributed by atoms with Crippen LogP contribution in [0.5, 0.6) is 0 Å². The van der Waals surface area contributed by atoms with Gasteiger partial charge in [-0.25, -0.2) is 0 Å². The summed E-state index contributed by atoms with van der Waals surface area (Å²) in [4.78, 5) is 2.60. The van der Waals surface area contributed by atoms with E-state index in [1.807, 2.05) is 0 Å². The number of likely N-dealkylation sites (tertiary alicyclic amines) is 1. The molecule has 2 heteroatoms. The second-order valence-corrected chi connectivity index (χ2v) is 7.66. The van der Waals surface area contributed by atoms with Gasteiger partial charge in [0.15, 0.2) is 0 Å². The monoisotopic (exact) mass is 288 g/mol. The lowest BCUT2D eigenvalue weighted by atomic mass is 9.96. The molecule has 2 rings (SSSR count). The molecule has 1 aromatic carbocycles.